The van der Waals surface area contributed by atoms with Gasteiger partial charge in [-0.05, 0) is 30.2 Å². The van der Waals surface area contributed by atoms with E-state index >= 15 is 0 Å². The Hall–Kier alpha value is -2.32. The Labute approximate surface area is 127 Å². The van der Waals surface area contributed by atoms with Crippen molar-refractivity contribution in [2.75, 3.05) is 7.11 Å². The van der Waals surface area contributed by atoms with E-state index in [9.17, 15) is 4.79 Å². The fraction of sp³-hybridized carbons (Fsp3) is 0.267. The third kappa shape index (κ3) is 2.76. The fourth-order valence-corrected chi connectivity index (χ4v) is 2.42. The van der Waals surface area contributed by atoms with Crippen LogP contribution >= 0.6 is 11.6 Å². The third-order valence-electron chi connectivity index (χ3n) is 3.03. The molecule has 0 saturated heterocycles. The van der Waals surface area contributed by atoms with Crippen LogP contribution in [0.2, 0.25) is 5.02 Å². The summed E-state index contributed by atoms with van der Waals surface area (Å²) < 4.78 is 6.31. The molecule has 21 heavy (non-hydrogen) atoms. The number of halogens is 1. The van der Waals surface area contributed by atoms with Crippen molar-refractivity contribution in [1.82, 2.24) is 9.78 Å². The van der Waals surface area contributed by atoms with E-state index in [1.807, 2.05) is 13.8 Å². The molecule has 0 saturated carbocycles. The van der Waals surface area contributed by atoms with Crippen molar-refractivity contribution < 1.29 is 9.53 Å². The second-order valence-corrected chi connectivity index (χ2v) is 5.14. The first-order chi connectivity index (χ1) is 9.99. The van der Waals surface area contributed by atoms with Crippen molar-refractivity contribution in [3.63, 3.8) is 0 Å². The van der Waals surface area contributed by atoms with Gasteiger partial charge in [0.1, 0.15) is 0 Å². The lowest BCUT2D eigenvalue weighted by molar-refractivity contribution is 0.0593. The van der Waals surface area contributed by atoms with Crippen molar-refractivity contribution in [2.45, 2.75) is 19.8 Å². The van der Waals surface area contributed by atoms with Gasteiger partial charge in [0.15, 0.2) is 5.69 Å². The highest BCUT2D eigenvalue weighted by molar-refractivity contribution is 6.34. The number of carbonyl (C=O) groups excluding carboxylic acids is 1. The highest BCUT2D eigenvalue weighted by Gasteiger charge is 2.24. The van der Waals surface area contributed by atoms with Crippen LogP contribution < -0.4 is 0 Å². The molecule has 0 spiro atoms. The van der Waals surface area contributed by atoms with Gasteiger partial charge in [-0.25, -0.2) is 9.48 Å². The minimum absolute atomic E-state index is 0.0686. The normalized spacial score (nSPS) is 10.5. The number of nitriles is 1. The van der Waals surface area contributed by atoms with Crippen LogP contribution in [0.5, 0.6) is 0 Å². The summed E-state index contributed by atoms with van der Waals surface area (Å²) in [6, 6.07) is 8.95. The SMILES string of the molecule is COC(=O)c1nn(-c2ccc(C#N)cc2)c(C(C)C)c1Cl. The second kappa shape index (κ2) is 5.98. The molecule has 108 valence electrons. The lowest BCUT2D eigenvalue weighted by Crippen LogP contribution is -2.05. The molecule has 0 unspecified atom stereocenters. The Morgan fingerprint density at radius 3 is 2.48 bits per heavy atom. The van der Waals surface area contributed by atoms with Gasteiger partial charge in [-0.3, -0.25) is 0 Å². The maximum Gasteiger partial charge on any atom is 0.360 e. The number of nitrogens with zero attached hydrogens (tertiary/aromatic N) is 3. The molecule has 0 fully saturated rings. The van der Waals surface area contributed by atoms with Crippen molar-refractivity contribution in [3.05, 3.63) is 46.2 Å². The summed E-state index contributed by atoms with van der Waals surface area (Å²) in [5.74, 6) is -0.506. The van der Waals surface area contributed by atoms with Gasteiger partial charge in [0.05, 0.1) is 35.1 Å². The molecular formula is C15H14ClN3O2. The van der Waals surface area contributed by atoms with E-state index in [4.69, 9.17) is 21.6 Å². The Balaban J connectivity index is 2.61. The largest absolute Gasteiger partial charge is 0.464 e. The average molecular weight is 304 g/mol. The summed E-state index contributed by atoms with van der Waals surface area (Å²) >= 11 is 6.27. The van der Waals surface area contributed by atoms with Gasteiger partial charge in [-0.15, -0.1) is 0 Å². The number of hydrogen-bond acceptors (Lipinski definition) is 4. The zero-order chi connectivity index (χ0) is 15.6. The predicted molar refractivity (Wildman–Crippen MR) is 78.7 cm³/mol. The summed E-state index contributed by atoms with van der Waals surface area (Å²) in [5, 5.41) is 13.4. The Morgan fingerprint density at radius 2 is 2.00 bits per heavy atom. The van der Waals surface area contributed by atoms with E-state index in [0.717, 1.165) is 11.4 Å². The standard InChI is InChI=1S/C15H14ClN3O2/c1-9(2)14-12(16)13(15(20)21-3)18-19(14)11-6-4-10(8-17)5-7-11/h4-7,9H,1-3H3. The van der Waals surface area contributed by atoms with Crippen molar-refractivity contribution in [2.24, 2.45) is 0 Å². The van der Waals surface area contributed by atoms with Crippen LogP contribution in [0.15, 0.2) is 24.3 Å². The van der Waals surface area contributed by atoms with Gasteiger partial charge in [-0.2, -0.15) is 10.4 Å². The fourth-order valence-electron chi connectivity index (χ4n) is 2.01. The summed E-state index contributed by atoms with van der Waals surface area (Å²) in [6.07, 6.45) is 0. The molecule has 5 nitrogen and oxygen atoms in total. The van der Waals surface area contributed by atoms with Crippen LogP contribution in [-0.2, 0) is 4.74 Å². The number of benzene rings is 1. The number of rotatable bonds is 3. The van der Waals surface area contributed by atoms with Crippen molar-refractivity contribution in [3.8, 4) is 11.8 Å². The first kappa shape index (κ1) is 15.1. The highest BCUT2D eigenvalue weighted by atomic mass is 35.5. The molecule has 0 atom stereocenters. The van der Waals surface area contributed by atoms with Gasteiger partial charge in [0.2, 0.25) is 0 Å². The maximum absolute atomic E-state index is 11.7. The molecule has 1 heterocycles. The lowest BCUT2D eigenvalue weighted by Gasteiger charge is -2.10. The van der Waals surface area contributed by atoms with E-state index < -0.39 is 5.97 Å². The molecule has 0 amide bonds. The number of carbonyl (C=O) groups is 1. The molecule has 2 rings (SSSR count). The summed E-state index contributed by atoms with van der Waals surface area (Å²) in [7, 11) is 1.29. The van der Waals surface area contributed by atoms with Gasteiger partial charge >= 0.3 is 5.97 Å². The maximum atomic E-state index is 11.7. The first-order valence-electron chi connectivity index (χ1n) is 6.36. The first-order valence-corrected chi connectivity index (χ1v) is 6.74. The average Bonchev–Trinajstić information content (AvgIpc) is 2.84. The zero-order valence-electron chi connectivity index (χ0n) is 11.9. The minimum atomic E-state index is -0.575. The predicted octanol–water partition coefficient (Wildman–Crippen LogP) is 3.31. The van der Waals surface area contributed by atoms with Crippen molar-refractivity contribution >= 4 is 17.6 Å². The van der Waals surface area contributed by atoms with Crippen LogP contribution in [0.3, 0.4) is 0 Å². The van der Waals surface area contributed by atoms with E-state index in [0.29, 0.717) is 10.6 Å². The lowest BCUT2D eigenvalue weighted by atomic mass is 10.1. The molecule has 0 aliphatic carbocycles. The zero-order valence-corrected chi connectivity index (χ0v) is 12.7. The topological polar surface area (TPSA) is 67.9 Å². The molecule has 2 aromatic rings. The second-order valence-electron chi connectivity index (χ2n) is 4.76. The van der Waals surface area contributed by atoms with E-state index in [1.54, 1.807) is 28.9 Å². The Morgan fingerprint density at radius 1 is 1.38 bits per heavy atom. The van der Waals surface area contributed by atoms with E-state index in [-0.39, 0.29) is 11.6 Å². The molecular weight excluding hydrogens is 290 g/mol. The van der Waals surface area contributed by atoms with Gasteiger partial charge in [0, 0.05) is 0 Å². The molecule has 0 aliphatic rings. The molecule has 0 bridgehead atoms. The summed E-state index contributed by atoms with van der Waals surface area (Å²) in [5.41, 5.74) is 2.10. The molecule has 0 radical (unpaired) electrons. The molecule has 1 aromatic heterocycles. The quantitative estimate of drug-likeness (QED) is 0.816. The third-order valence-corrected chi connectivity index (χ3v) is 3.40. The number of methoxy groups -OCH3 is 1. The summed E-state index contributed by atoms with van der Waals surface area (Å²) in [6.45, 7) is 3.92. The van der Waals surface area contributed by atoms with Gasteiger partial charge in [-0.1, -0.05) is 25.4 Å². The summed E-state index contributed by atoms with van der Waals surface area (Å²) in [4.78, 5) is 11.7. The number of esters is 1. The van der Waals surface area contributed by atoms with Crippen LogP contribution in [0, 0.1) is 11.3 Å². The van der Waals surface area contributed by atoms with E-state index in [2.05, 4.69) is 11.2 Å². The number of aromatic nitrogens is 2. The van der Waals surface area contributed by atoms with Crippen LogP contribution in [0.1, 0.15) is 41.5 Å². The monoisotopic (exact) mass is 303 g/mol. The molecule has 0 aliphatic heterocycles. The van der Waals surface area contributed by atoms with Crippen LogP contribution in [0.25, 0.3) is 5.69 Å². The molecule has 6 heteroatoms. The Bertz CT molecular complexity index is 712. The van der Waals surface area contributed by atoms with E-state index in [1.165, 1.54) is 7.11 Å². The van der Waals surface area contributed by atoms with Crippen LogP contribution in [0.4, 0.5) is 0 Å². The minimum Gasteiger partial charge on any atom is -0.464 e. The molecule has 0 N–H and O–H groups in total. The molecule has 1 aromatic carbocycles. The van der Waals surface area contributed by atoms with Gasteiger partial charge in [0.25, 0.3) is 0 Å². The number of hydrogen-bond donors (Lipinski definition) is 0. The Kier molecular flexibility index (Phi) is 4.29. The smallest absolute Gasteiger partial charge is 0.360 e. The highest BCUT2D eigenvalue weighted by Crippen LogP contribution is 2.30. The van der Waals surface area contributed by atoms with Gasteiger partial charge < -0.3 is 4.74 Å². The van der Waals surface area contributed by atoms with Crippen molar-refractivity contribution in [1.29, 1.82) is 5.26 Å². The number of ether oxygens (including phenoxy) is 1. The van der Waals surface area contributed by atoms with Crippen LogP contribution in [-0.4, -0.2) is 22.9 Å².